The number of cyclic esters (lactones) is 1. The first kappa shape index (κ1) is 32.0. The van der Waals surface area contributed by atoms with E-state index in [1.54, 1.807) is 30.3 Å². The zero-order valence-corrected chi connectivity index (χ0v) is 26.5. The van der Waals surface area contributed by atoms with E-state index in [4.69, 9.17) is 9.47 Å². The molecule has 1 unspecified atom stereocenters. The molecule has 5 aliphatic rings. The first-order chi connectivity index (χ1) is 21.3. The van der Waals surface area contributed by atoms with E-state index in [-0.39, 0.29) is 72.3 Å². The maximum Gasteiger partial charge on any atom is 0.331 e. The number of hydrogen-bond acceptors (Lipinski definition) is 8. The maximum absolute atomic E-state index is 13.1. The number of aliphatic carboxylic acids is 1. The molecule has 1 aromatic carbocycles. The number of hydrogen-bond donors (Lipinski definition) is 4. The van der Waals surface area contributed by atoms with Gasteiger partial charge in [0, 0.05) is 24.3 Å². The molecule has 10 atom stereocenters. The highest BCUT2D eigenvalue weighted by molar-refractivity contribution is 5.85. The van der Waals surface area contributed by atoms with Crippen molar-refractivity contribution in [2.75, 3.05) is 6.61 Å². The summed E-state index contributed by atoms with van der Waals surface area (Å²) in [6, 6.07) is 6.81. The minimum atomic E-state index is -1.02. The molecule has 4 N–H and O–H groups in total. The first-order valence-electron chi connectivity index (χ1n) is 16.8. The highest BCUT2D eigenvalue weighted by Gasteiger charge is 2.70. The molecule has 9 nitrogen and oxygen atoms in total. The third kappa shape index (κ3) is 5.69. The SMILES string of the molecule is C[C@]12CC[C@H](OC(=O)CC(CCc3ccc(O)cc3)CC(=O)O)C[C@H]1CC[C@@H]1[C@@H]2C[C@@H](O)[C@]2(C)[C@@H](C3=CC(=O)OC3)CC[C@]12O. The maximum atomic E-state index is 13.1. The van der Waals surface area contributed by atoms with Crippen molar-refractivity contribution in [2.24, 2.45) is 40.4 Å². The Morgan fingerprint density at radius 2 is 1.78 bits per heavy atom. The Bertz CT molecular complexity index is 1340. The summed E-state index contributed by atoms with van der Waals surface area (Å²) in [7, 11) is 0. The van der Waals surface area contributed by atoms with Crippen LogP contribution in [0.2, 0.25) is 0 Å². The molecular weight excluding hydrogens is 576 g/mol. The number of rotatable bonds is 9. The van der Waals surface area contributed by atoms with Gasteiger partial charge in [0.2, 0.25) is 0 Å². The van der Waals surface area contributed by atoms with Gasteiger partial charge in [0.25, 0.3) is 0 Å². The standard InChI is InChI=1S/C36H48O9/c1-34-13-11-26(45-33(42)16-22(15-31(39)40)4-3-21-5-8-25(37)9-6-21)18-24(34)7-10-28-29(34)19-30(38)35(2)27(12-14-36(28,35)43)23-17-32(41)44-20-23/h5-6,8-9,17,22,24,26-30,37-38,43H,3-4,7,10-16,18-20H2,1-2H3,(H,39,40)/t22?,24-,26+,27-,28-,29+,30-,34+,35+,36+/m1/s1. The normalized spacial score (nSPS) is 39.6. The van der Waals surface area contributed by atoms with Crippen LogP contribution in [-0.2, 0) is 30.3 Å². The van der Waals surface area contributed by atoms with E-state index in [0.717, 1.165) is 43.2 Å². The highest BCUT2D eigenvalue weighted by atomic mass is 16.5. The van der Waals surface area contributed by atoms with Crippen molar-refractivity contribution in [1.29, 1.82) is 0 Å². The van der Waals surface area contributed by atoms with Gasteiger partial charge in [0.1, 0.15) is 18.5 Å². The van der Waals surface area contributed by atoms with E-state index in [1.807, 2.05) is 6.92 Å². The summed E-state index contributed by atoms with van der Waals surface area (Å²) in [5, 5.41) is 43.2. The summed E-state index contributed by atoms with van der Waals surface area (Å²) in [5.74, 6) is -1.38. The van der Waals surface area contributed by atoms with Crippen LogP contribution < -0.4 is 0 Å². The van der Waals surface area contributed by atoms with E-state index >= 15 is 0 Å². The number of aromatic hydroxyl groups is 1. The Morgan fingerprint density at radius 3 is 2.47 bits per heavy atom. The van der Waals surface area contributed by atoms with Crippen molar-refractivity contribution in [3.05, 3.63) is 41.5 Å². The summed E-state index contributed by atoms with van der Waals surface area (Å²) in [5.41, 5.74) is 0.0132. The fourth-order valence-electron chi connectivity index (χ4n) is 10.5. The molecular formula is C36H48O9. The topological polar surface area (TPSA) is 151 Å². The number of ether oxygens (including phenoxy) is 2. The molecule has 1 heterocycles. The van der Waals surface area contributed by atoms with Crippen molar-refractivity contribution >= 4 is 17.9 Å². The van der Waals surface area contributed by atoms with Crippen LogP contribution in [0.3, 0.4) is 0 Å². The molecule has 0 bridgehead atoms. The Kier molecular flexibility index (Phi) is 8.57. The lowest BCUT2D eigenvalue weighted by atomic mass is 9.42. The van der Waals surface area contributed by atoms with Gasteiger partial charge in [0.05, 0.1) is 11.7 Å². The molecule has 4 saturated carbocycles. The van der Waals surface area contributed by atoms with E-state index in [2.05, 4.69) is 6.92 Å². The predicted octanol–water partition coefficient (Wildman–Crippen LogP) is 4.95. The van der Waals surface area contributed by atoms with Crippen LogP contribution in [0.5, 0.6) is 5.75 Å². The number of aliphatic hydroxyl groups is 2. The lowest BCUT2D eigenvalue weighted by Crippen LogP contribution is -2.67. The van der Waals surface area contributed by atoms with Crippen molar-refractivity contribution < 1.29 is 44.3 Å². The second kappa shape index (κ2) is 12.0. The molecule has 0 amide bonds. The van der Waals surface area contributed by atoms with Gasteiger partial charge in [-0.15, -0.1) is 0 Å². The summed E-state index contributed by atoms with van der Waals surface area (Å²) in [6.45, 7) is 4.56. The minimum Gasteiger partial charge on any atom is -0.508 e. The van der Waals surface area contributed by atoms with Crippen LogP contribution in [0.4, 0.5) is 0 Å². The molecule has 0 radical (unpaired) electrons. The molecule has 1 aromatic rings. The van der Waals surface area contributed by atoms with Crippen LogP contribution in [-0.4, -0.2) is 62.7 Å². The Hall–Kier alpha value is -2.91. The third-order valence-corrected chi connectivity index (χ3v) is 13.0. The number of esters is 2. The van der Waals surface area contributed by atoms with Gasteiger partial charge in [-0.2, -0.15) is 0 Å². The van der Waals surface area contributed by atoms with Gasteiger partial charge in [-0.3, -0.25) is 9.59 Å². The van der Waals surface area contributed by atoms with Crippen molar-refractivity contribution in [2.45, 2.75) is 109 Å². The Labute approximate surface area is 265 Å². The van der Waals surface area contributed by atoms with Gasteiger partial charge in [-0.05, 0) is 122 Å². The predicted molar refractivity (Wildman–Crippen MR) is 164 cm³/mol. The number of fused-ring (bicyclic) bond motifs is 5. The zero-order chi connectivity index (χ0) is 32.1. The number of carboxylic acids is 1. The molecule has 4 aliphatic carbocycles. The second-order valence-corrected chi connectivity index (χ2v) is 15.1. The van der Waals surface area contributed by atoms with E-state index in [0.29, 0.717) is 38.0 Å². The summed E-state index contributed by atoms with van der Waals surface area (Å²) in [6.07, 6.45) is 7.72. The summed E-state index contributed by atoms with van der Waals surface area (Å²) in [4.78, 5) is 36.5. The fourth-order valence-corrected chi connectivity index (χ4v) is 10.5. The van der Waals surface area contributed by atoms with Crippen LogP contribution in [0.1, 0.15) is 90.0 Å². The lowest BCUT2D eigenvalue weighted by Gasteiger charge is -2.65. The minimum absolute atomic E-state index is 0.0551. The van der Waals surface area contributed by atoms with E-state index < -0.39 is 23.1 Å². The monoisotopic (exact) mass is 624 g/mol. The summed E-state index contributed by atoms with van der Waals surface area (Å²) >= 11 is 0. The average Bonchev–Trinajstić information content (AvgIpc) is 3.53. The molecule has 9 heteroatoms. The largest absolute Gasteiger partial charge is 0.508 e. The van der Waals surface area contributed by atoms with E-state index in [1.165, 1.54) is 0 Å². The number of carboxylic acid groups (broad SMARTS) is 1. The van der Waals surface area contributed by atoms with Crippen LogP contribution in [0, 0.1) is 40.4 Å². The second-order valence-electron chi connectivity index (χ2n) is 15.1. The van der Waals surface area contributed by atoms with Crippen molar-refractivity contribution in [3.8, 4) is 5.75 Å². The van der Waals surface area contributed by atoms with Gasteiger partial charge < -0.3 is 29.9 Å². The molecule has 0 saturated heterocycles. The Balaban J connectivity index is 1.09. The number of aryl methyl sites for hydroxylation is 1. The number of phenols is 1. The number of aliphatic hydroxyl groups excluding tert-OH is 1. The smallest absolute Gasteiger partial charge is 0.331 e. The number of carbonyl (C=O) groups is 3. The third-order valence-electron chi connectivity index (χ3n) is 13.0. The Morgan fingerprint density at radius 1 is 1.02 bits per heavy atom. The molecule has 4 fully saturated rings. The van der Waals surface area contributed by atoms with Crippen molar-refractivity contribution in [3.63, 3.8) is 0 Å². The zero-order valence-electron chi connectivity index (χ0n) is 26.5. The molecule has 6 rings (SSSR count). The quantitative estimate of drug-likeness (QED) is 0.280. The van der Waals surface area contributed by atoms with E-state index in [9.17, 15) is 34.8 Å². The molecule has 0 aromatic heterocycles. The van der Waals surface area contributed by atoms with Gasteiger partial charge >= 0.3 is 17.9 Å². The molecule has 246 valence electrons. The van der Waals surface area contributed by atoms with Crippen LogP contribution in [0.15, 0.2) is 35.9 Å². The van der Waals surface area contributed by atoms with Crippen LogP contribution >= 0.6 is 0 Å². The van der Waals surface area contributed by atoms with Gasteiger partial charge in [0.15, 0.2) is 0 Å². The first-order valence-corrected chi connectivity index (χ1v) is 16.8. The highest BCUT2D eigenvalue weighted by Crippen LogP contribution is 2.70. The number of phenolic OH excluding ortho intramolecular Hbond substituents is 1. The van der Waals surface area contributed by atoms with Crippen LogP contribution in [0.25, 0.3) is 0 Å². The van der Waals surface area contributed by atoms with Gasteiger partial charge in [-0.1, -0.05) is 26.0 Å². The number of carbonyl (C=O) groups excluding carboxylic acids is 2. The fraction of sp³-hybridized carbons (Fsp3) is 0.694. The molecule has 1 aliphatic heterocycles. The van der Waals surface area contributed by atoms with Gasteiger partial charge in [-0.25, -0.2) is 4.79 Å². The summed E-state index contributed by atoms with van der Waals surface area (Å²) < 4.78 is 11.2. The lowest BCUT2D eigenvalue weighted by molar-refractivity contribution is -0.245. The average molecular weight is 625 g/mol. The molecule has 0 spiro atoms. The molecule has 45 heavy (non-hydrogen) atoms. The number of benzene rings is 1. The van der Waals surface area contributed by atoms with Crippen molar-refractivity contribution in [1.82, 2.24) is 0 Å².